The molecule has 6 heteroatoms. The second-order valence-corrected chi connectivity index (χ2v) is 6.23. The van der Waals surface area contributed by atoms with Gasteiger partial charge < -0.3 is 14.4 Å². The van der Waals surface area contributed by atoms with E-state index in [4.69, 9.17) is 9.47 Å². The number of carbonyl (C=O) groups excluding carboxylic acids is 1. The molecule has 5 nitrogen and oxygen atoms in total. The minimum Gasteiger partial charge on any atom is -0.493 e. The van der Waals surface area contributed by atoms with Crippen LogP contribution in [0.5, 0.6) is 11.5 Å². The SMILES string of the molecule is COc1ccc([C@@H]2SCC(=O)N2Cc2cccnc2)cc1OC. The Bertz CT molecular complexity index is 693. The third-order valence-electron chi connectivity index (χ3n) is 3.74. The van der Waals surface area contributed by atoms with Crippen molar-refractivity contribution in [2.24, 2.45) is 0 Å². The number of rotatable bonds is 5. The summed E-state index contributed by atoms with van der Waals surface area (Å²) in [6, 6.07) is 9.66. The molecular weight excluding hydrogens is 312 g/mol. The predicted molar refractivity (Wildman–Crippen MR) is 89.5 cm³/mol. The van der Waals surface area contributed by atoms with Crippen molar-refractivity contribution < 1.29 is 14.3 Å². The highest BCUT2D eigenvalue weighted by Crippen LogP contribution is 2.42. The standard InChI is InChI=1S/C17H18N2O3S/c1-21-14-6-5-13(8-15(14)22-2)17-19(16(20)11-23-17)10-12-4-3-7-18-9-12/h3-9,17H,10-11H2,1-2H3/t17-/m0/s1. The Hall–Kier alpha value is -2.21. The van der Waals surface area contributed by atoms with Gasteiger partial charge >= 0.3 is 0 Å². The third kappa shape index (κ3) is 3.27. The fourth-order valence-corrected chi connectivity index (χ4v) is 3.77. The van der Waals surface area contributed by atoms with Gasteiger partial charge in [0, 0.05) is 18.9 Å². The van der Waals surface area contributed by atoms with Gasteiger partial charge in [0.05, 0.1) is 20.0 Å². The molecule has 2 heterocycles. The molecule has 1 atom stereocenters. The first-order chi connectivity index (χ1) is 11.2. The monoisotopic (exact) mass is 330 g/mol. The van der Waals surface area contributed by atoms with Gasteiger partial charge in [-0.05, 0) is 29.3 Å². The van der Waals surface area contributed by atoms with Gasteiger partial charge in [0.25, 0.3) is 0 Å². The first-order valence-electron chi connectivity index (χ1n) is 7.25. The van der Waals surface area contributed by atoms with E-state index in [2.05, 4.69) is 4.98 Å². The van der Waals surface area contributed by atoms with Crippen LogP contribution in [-0.4, -0.2) is 35.8 Å². The van der Waals surface area contributed by atoms with Crippen molar-refractivity contribution in [1.82, 2.24) is 9.88 Å². The van der Waals surface area contributed by atoms with Crippen LogP contribution in [-0.2, 0) is 11.3 Å². The molecule has 1 amide bonds. The Morgan fingerprint density at radius 2 is 2.09 bits per heavy atom. The third-order valence-corrected chi connectivity index (χ3v) is 4.99. The quantitative estimate of drug-likeness (QED) is 0.844. The number of aromatic nitrogens is 1. The molecule has 0 N–H and O–H groups in total. The second-order valence-electron chi connectivity index (χ2n) is 5.16. The van der Waals surface area contributed by atoms with Crippen LogP contribution in [0.4, 0.5) is 0 Å². The molecule has 23 heavy (non-hydrogen) atoms. The maximum absolute atomic E-state index is 12.3. The van der Waals surface area contributed by atoms with E-state index in [0.717, 1.165) is 11.1 Å². The molecule has 0 unspecified atom stereocenters. The van der Waals surface area contributed by atoms with Gasteiger partial charge in [-0.1, -0.05) is 12.1 Å². The molecule has 0 aliphatic carbocycles. The van der Waals surface area contributed by atoms with Crippen LogP contribution in [0, 0.1) is 0 Å². The van der Waals surface area contributed by atoms with Crippen LogP contribution < -0.4 is 9.47 Å². The van der Waals surface area contributed by atoms with Crippen molar-refractivity contribution in [3.05, 3.63) is 53.9 Å². The molecule has 1 aromatic carbocycles. The highest BCUT2D eigenvalue weighted by Gasteiger charge is 2.33. The number of methoxy groups -OCH3 is 2. The average molecular weight is 330 g/mol. The fourth-order valence-electron chi connectivity index (χ4n) is 2.60. The highest BCUT2D eigenvalue weighted by atomic mass is 32.2. The number of carbonyl (C=O) groups is 1. The van der Waals surface area contributed by atoms with E-state index < -0.39 is 0 Å². The predicted octanol–water partition coefficient (Wildman–Crippen LogP) is 2.87. The first kappa shape index (κ1) is 15.7. The maximum atomic E-state index is 12.3. The van der Waals surface area contributed by atoms with Crippen LogP contribution in [0.2, 0.25) is 0 Å². The van der Waals surface area contributed by atoms with Crippen molar-refractivity contribution in [3.63, 3.8) is 0 Å². The summed E-state index contributed by atoms with van der Waals surface area (Å²) in [6.45, 7) is 0.554. The normalized spacial score (nSPS) is 17.4. The zero-order chi connectivity index (χ0) is 16.2. The van der Waals surface area contributed by atoms with Crippen LogP contribution in [0.15, 0.2) is 42.7 Å². The lowest BCUT2D eigenvalue weighted by Gasteiger charge is -2.24. The minimum absolute atomic E-state index is 0.0255. The molecule has 2 aromatic rings. The van der Waals surface area contributed by atoms with Crippen LogP contribution in [0.3, 0.4) is 0 Å². The lowest BCUT2D eigenvalue weighted by molar-refractivity contribution is -0.128. The van der Waals surface area contributed by atoms with Crippen molar-refractivity contribution in [2.75, 3.05) is 20.0 Å². The van der Waals surface area contributed by atoms with E-state index in [1.807, 2.05) is 35.2 Å². The summed E-state index contributed by atoms with van der Waals surface area (Å²) in [5.41, 5.74) is 2.05. The van der Waals surface area contributed by atoms with Crippen molar-refractivity contribution >= 4 is 17.7 Å². The van der Waals surface area contributed by atoms with Gasteiger partial charge in [0.1, 0.15) is 5.37 Å². The van der Waals surface area contributed by atoms with E-state index in [1.54, 1.807) is 38.4 Å². The van der Waals surface area contributed by atoms with E-state index in [0.29, 0.717) is 23.8 Å². The summed E-state index contributed by atoms with van der Waals surface area (Å²) in [6.07, 6.45) is 3.53. The van der Waals surface area contributed by atoms with Crippen molar-refractivity contribution in [3.8, 4) is 11.5 Å². The Morgan fingerprint density at radius 1 is 1.26 bits per heavy atom. The van der Waals surface area contributed by atoms with E-state index in [-0.39, 0.29) is 11.3 Å². The molecule has 1 aliphatic rings. The number of thioether (sulfide) groups is 1. The number of hydrogen-bond acceptors (Lipinski definition) is 5. The summed E-state index contributed by atoms with van der Waals surface area (Å²) in [5, 5.41) is -0.0255. The molecule has 0 radical (unpaired) electrons. The zero-order valence-corrected chi connectivity index (χ0v) is 13.9. The molecule has 120 valence electrons. The number of nitrogens with zero attached hydrogens (tertiary/aromatic N) is 2. The molecule has 1 aromatic heterocycles. The summed E-state index contributed by atoms with van der Waals surface area (Å²) >= 11 is 1.62. The topological polar surface area (TPSA) is 51.7 Å². The van der Waals surface area contributed by atoms with E-state index in [9.17, 15) is 4.79 Å². The minimum atomic E-state index is -0.0255. The van der Waals surface area contributed by atoms with E-state index >= 15 is 0 Å². The largest absolute Gasteiger partial charge is 0.493 e. The van der Waals surface area contributed by atoms with Gasteiger partial charge in [-0.15, -0.1) is 11.8 Å². The molecule has 0 bridgehead atoms. The number of ether oxygens (including phenoxy) is 2. The summed E-state index contributed by atoms with van der Waals surface area (Å²) in [7, 11) is 3.22. The summed E-state index contributed by atoms with van der Waals surface area (Å²) in [5.74, 6) is 1.98. The lowest BCUT2D eigenvalue weighted by Crippen LogP contribution is -2.27. The smallest absolute Gasteiger partial charge is 0.234 e. The zero-order valence-electron chi connectivity index (χ0n) is 13.1. The summed E-state index contributed by atoms with van der Waals surface area (Å²) < 4.78 is 10.6. The van der Waals surface area contributed by atoms with Crippen molar-refractivity contribution in [2.45, 2.75) is 11.9 Å². The molecule has 0 spiro atoms. The van der Waals surface area contributed by atoms with Crippen LogP contribution in [0.25, 0.3) is 0 Å². The molecule has 1 saturated heterocycles. The maximum Gasteiger partial charge on any atom is 0.234 e. The Morgan fingerprint density at radius 3 is 2.78 bits per heavy atom. The van der Waals surface area contributed by atoms with Crippen LogP contribution in [0.1, 0.15) is 16.5 Å². The van der Waals surface area contributed by atoms with Crippen LogP contribution >= 0.6 is 11.8 Å². The molecule has 1 fully saturated rings. The highest BCUT2D eigenvalue weighted by molar-refractivity contribution is 8.00. The molecule has 1 aliphatic heterocycles. The second kappa shape index (κ2) is 6.91. The molecular formula is C17H18N2O3S. The van der Waals surface area contributed by atoms with Gasteiger partial charge in [-0.25, -0.2) is 0 Å². The summed E-state index contributed by atoms with van der Waals surface area (Å²) in [4.78, 5) is 18.3. The van der Waals surface area contributed by atoms with Gasteiger partial charge in [-0.2, -0.15) is 0 Å². The Balaban J connectivity index is 1.87. The molecule has 0 saturated carbocycles. The Labute approximate surface area is 139 Å². The van der Waals surface area contributed by atoms with Gasteiger partial charge in [-0.3, -0.25) is 9.78 Å². The lowest BCUT2D eigenvalue weighted by atomic mass is 10.1. The van der Waals surface area contributed by atoms with E-state index in [1.165, 1.54) is 0 Å². The average Bonchev–Trinajstić information content (AvgIpc) is 2.96. The first-order valence-corrected chi connectivity index (χ1v) is 8.29. The Kier molecular flexibility index (Phi) is 4.71. The van der Waals surface area contributed by atoms with Crippen molar-refractivity contribution in [1.29, 1.82) is 0 Å². The number of hydrogen-bond donors (Lipinski definition) is 0. The van der Waals surface area contributed by atoms with Gasteiger partial charge in [0.2, 0.25) is 5.91 Å². The number of amides is 1. The number of pyridine rings is 1. The fraction of sp³-hybridized carbons (Fsp3) is 0.294. The van der Waals surface area contributed by atoms with Gasteiger partial charge in [0.15, 0.2) is 11.5 Å². The molecule has 3 rings (SSSR count). The number of benzene rings is 1.